The highest BCUT2D eigenvalue weighted by atomic mass is 15.3. The SMILES string of the molecule is CCNCC1CCCN(c2nc3ccccc3[nH]2)C1. The Morgan fingerprint density at radius 3 is 3.16 bits per heavy atom. The molecule has 0 bridgehead atoms. The lowest BCUT2D eigenvalue weighted by Crippen LogP contribution is -2.40. The fourth-order valence-electron chi connectivity index (χ4n) is 2.86. The van der Waals surface area contributed by atoms with E-state index in [0.717, 1.165) is 49.1 Å². The monoisotopic (exact) mass is 258 g/mol. The van der Waals surface area contributed by atoms with Crippen LogP contribution in [0.25, 0.3) is 11.0 Å². The number of anilines is 1. The van der Waals surface area contributed by atoms with E-state index < -0.39 is 0 Å². The van der Waals surface area contributed by atoms with Crippen molar-refractivity contribution in [3.8, 4) is 0 Å². The lowest BCUT2D eigenvalue weighted by Gasteiger charge is -2.32. The molecule has 1 aromatic carbocycles. The van der Waals surface area contributed by atoms with Crippen LogP contribution in [0.2, 0.25) is 0 Å². The van der Waals surface area contributed by atoms with Gasteiger partial charge in [0, 0.05) is 13.1 Å². The van der Waals surface area contributed by atoms with Crippen LogP contribution in [0.15, 0.2) is 24.3 Å². The van der Waals surface area contributed by atoms with Crippen LogP contribution in [0.5, 0.6) is 0 Å². The predicted octanol–water partition coefficient (Wildman–Crippen LogP) is 2.39. The number of hydrogen-bond acceptors (Lipinski definition) is 3. The number of imidazole rings is 1. The second-order valence-corrected chi connectivity index (χ2v) is 5.34. The number of piperidine rings is 1. The molecular formula is C15H22N4. The highest BCUT2D eigenvalue weighted by Crippen LogP contribution is 2.23. The molecule has 1 saturated heterocycles. The van der Waals surface area contributed by atoms with Crippen LogP contribution in [0.4, 0.5) is 5.95 Å². The Balaban J connectivity index is 1.73. The largest absolute Gasteiger partial charge is 0.342 e. The van der Waals surface area contributed by atoms with Crippen molar-refractivity contribution in [3.05, 3.63) is 24.3 Å². The number of nitrogens with zero attached hydrogens (tertiary/aromatic N) is 2. The van der Waals surface area contributed by atoms with Gasteiger partial charge in [0.05, 0.1) is 11.0 Å². The molecular weight excluding hydrogens is 236 g/mol. The molecule has 1 fully saturated rings. The summed E-state index contributed by atoms with van der Waals surface area (Å²) < 4.78 is 0. The molecule has 19 heavy (non-hydrogen) atoms. The van der Waals surface area contributed by atoms with Crippen molar-refractivity contribution in [2.45, 2.75) is 19.8 Å². The van der Waals surface area contributed by atoms with Gasteiger partial charge >= 0.3 is 0 Å². The van der Waals surface area contributed by atoms with Gasteiger partial charge in [-0.2, -0.15) is 0 Å². The van der Waals surface area contributed by atoms with Crippen molar-refractivity contribution in [2.75, 3.05) is 31.1 Å². The molecule has 4 heteroatoms. The number of aromatic amines is 1. The molecule has 1 atom stereocenters. The van der Waals surface area contributed by atoms with E-state index >= 15 is 0 Å². The number of rotatable bonds is 4. The van der Waals surface area contributed by atoms with Crippen LogP contribution >= 0.6 is 0 Å². The summed E-state index contributed by atoms with van der Waals surface area (Å²) in [5, 5.41) is 3.46. The third-order valence-corrected chi connectivity index (χ3v) is 3.88. The van der Waals surface area contributed by atoms with E-state index in [1.807, 2.05) is 6.07 Å². The van der Waals surface area contributed by atoms with Gasteiger partial charge < -0.3 is 15.2 Å². The zero-order valence-corrected chi connectivity index (χ0v) is 11.5. The number of hydrogen-bond donors (Lipinski definition) is 2. The third kappa shape index (κ3) is 2.73. The lowest BCUT2D eigenvalue weighted by atomic mass is 9.98. The van der Waals surface area contributed by atoms with E-state index in [0.29, 0.717) is 0 Å². The van der Waals surface area contributed by atoms with Crippen LogP contribution in [-0.2, 0) is 0 Å². The number of H-pyrrole nitrogens is 1. The maximum Gasteiger partial charge on any atom is 0.203 e. The van der Waals surface area contributed by atoms with Gasteiger partial charge in [0.15, 0.2) is 0 Å². The summed E-state index contributed by atoms with van der Waals surface area (Å²) in [6, 6.07) is 8.24. The van der Waals surface area contributed by atoms with Gasteiger partial charge in [0.1, 0.15) is 0 Å². The van der Waals surface area contributed by atoms with E-state index in [2.05, 4.69) is 40.3 Å². The zero-order valence-electron chi connectivity index (χ0n) is 11.5. The molecule has 0 amide bonds. The molecule has 4 nitrogen and oxygen atoms in total. The van der Waals surface area contributed by atoms with Crippen molar-refractivity contribution in [1.82, 2.24) is 15.3 Å². The summed E-state index contributed by atoms with van der Waals surface area (Å²) >= 11 is 0. The molecule has 0 saturated carbocycles. The van der Waals surface area contributed by atoms with Crippen LogP contribution in [0.3, 0.4) is 0 Å². The fourth-order valence-corrected chi connectivity index (χ4v) is 2.86. The van der Waals surface area contributed by atoms with Crippen LogP contribution in [-0.4, -0.2) is 36.1 Å². The maximum atomic E-state index is 4.70. The maximum absolute atomic E-state index is 4.70. The Hall–Kier alpha value is -1.55. The quantitative estimate of drug-likeness (QED) is 0.885. The Kier molecular flexibility index (Phi) is 3.69. The van der Waals surface area contributed by atoms with Gasteiger partial charge in [-0.05, 0) is 44.0 Å². The molecule has 2 aromatic rings. The summed E-state index contributed by atoms with van der Waals surface area (Å²) in [6.07, 6.45) is 2.58. The van der Waals surface area contributed by atoms with Crippen molar-refractivity contribution < 1.29 is 0 Å². The molecule has 3 rings (SSSR count). The minimum Gasteiger partial charge on any atom is -0.342 e. The smallest absolute Gasteiger partial charge is 0.203 e. The Morgan fingerprint density at radius 2 is 2.32 bits per heavy atom. The topological polar surface area (TPSA) is 44.0 Å². The Morgan fingerprint density at radius 1 is 1.42 bits per heavy atom. The van der Waals surface area contributed by atoms with Crippen LogP contribution < -0.4 is 10.2 Å². The van der Waals surface area contributed by atoms with E-state index in [-0.39, 0.29) is 0 Å². The average molecular weight is 258 g/mol. The number of para-hydroxylation sites is 2. The second kappa shape index (κ2) is 5.61. The van der Waals surface area contributed by atoms with Gasteiger partial charge in [0.25, 0.3) is 0 Å². The molecule has 2 heterocycles. The van der Waals surface area contributed by atoms with Crippen molar-refractivity contribution in [2.24, 2.45) is 5.92 Å². The van der Waals surface area contributed by atoms with Crippen molar-refractivity contribution in [1.29, 1.82) is 0 Å². The molecule has 1 aromatic heterocycles. The zero-order chi connectivity index (χ0) is 13.1. The molecule has 0 spiro atoms. The third-order valence-electron chi connectivity index (χ3n) is 3.88. The summed E-state index contributed by atoms with van der Waals surface area (Å²) in [5.74, 6) is 1.77. The molecule has 1 aliphatic heterocycles. The molecule has 1 aliphatic rings. The van der Waals surface area contributed by atoms with E-state index in [1.54, 1.807) is 0 Å². The summed E-state index contributed by atoms with van der Waals surface area (Å²) in [6.45, 7) is 6.56. The molecule has 0 radical (unpaired) electrons. The predicted molar refractivity (Wildman–Crippen MR) is 79.6 cm³/mol. The molecule has 0 aliphatic carbocycles. The number of fused-ring (bicyclic) bond motifs is 1. The van der Waals surface area contributed by atoms with E-state index in [4.69, 9.17) is 4.98 Å². The van der Waals surface area contributed by atoms with Crippen LogP contribution in [0.1, 0.15) is 19.8 Å². The lowest BCUT2D eigenvalue weighted by molar-refractivity contribution is 0.393. The van der Waals surface area contributed by atoms with Crippen molar-refractivity contribution >= 4 is 17.0 Å². The summed E-state index contributed by atoms with van der Waals surface area (Å²) in [7, 11) is 0. The van der Waals surface area contributed by atoms with Crippen LogP contribution in [0, 0.1) is 5.92 Å². The summed E-state index contributed by atoms with van der Waals surface area (Å²) in [5.41, 5.74) is 2.19. The number of benzene rings is 1. The van der Waals surface area contributed by atoms with Gasteiger partial charge in [-0.15, -0.1) is 0 Å². The first kappa shape index (κ1) is 12.5. The molecule has 2 N–H and O–H groups in total. The van der Waals surface area contributed by atoms with Gasteiger partial charge in [0.2, 0.25) is 5.95 Å². The second-order valence-electron chi connectivity index (χ2n) is 5.34. The minimum absolute atomic E-state index is 0.738. The van der Waals surface area contributed by atoms with Crippen molar-refractivity contribution in [3.63, 3.8) is 0 Å². The Bertz CT molecular complexity index is 501. The van der Waals surface area contributed by atoms with E-state index in [9.17, 15) is 0 Å². The normalized spacial score (nSPS) is 20.1. The first-order chi connectivity index (χ1) is 9.36. The van der Waals surface area contributed by atoms with Gasteiger partial charge in [-0.3, -0.25) is 0 Å². The first-order valence-electron chi connectivity index (χ1n) is 7.27. The van der Waals surface area contributed by atoms with Gasteiger partial charge in [-0.1, -0.05) is 19.1 Å². The highest BCUT2D eigenvalue weighted by molar-refractivity contribution is 5.77. The fraction of sp³-hybridized carbons (Fsp3) is 0.533. The van der Waals surface area contributed by atoms with E-state index in [1.165, 1.54) is 12.8 Å². The standard InChI is InChI=1S/C15H22N4/c1-2-16-10-12-6-5-9-19(11-12)15-17-13-7-3-4-8-14(13)18-15/h3-4,7-8,12,16H,2,5-6,9-11H2,1H3,(H,17,18). The Labute approximate surface area is 114 Å². The number of aromatic nitrogens is 2. The molecule has 1 unspecified atom stereocenters. The first-order valence-corrected chi connectivity index (χ1v) is 7.27. The van der Waals surface area contributed by atoms with Gasteiger partial charge in [-0.25, -0.2) is 4.98 Å². The highest BCUT2D eigenvalue weighted by Gasteiger charge is 2.21. The molecule has 102 valence electrons. The summed E-state index contributed by atoms with van der Waals surface area (Å²) in [4.78, 5) is 10.5. The minimum atomic E-state index is 0.738. The average Bonchev–Trinajstić information content (AvgIpc) is 2.89. The number of nitrogens with one attached hydrogen (secondary N) is 2.